The molecule has 107 valence electrons. The third kappa shape index (κ3) is 4.35. The first-order chi connectivity index (χ1) is 8.93. The fourth-order valence-electron chi connectivity index (χ4n) is 2.98. The lowest BCUT2D eigenvalue weighted by molar-refractivity contribution is -0.00161. The summed E-state index contributed by atoms with van der Waals surface area (Å²) in [5.41, 5.74) is 4.06. The van der Waals surface area contributed by atoms with Crippen molar-refractivity contribution in [1.29, 1.82) is 0 Å². The molecule has 0 amide bonds. The molecule has 1 heteroatoms. The van der Waals surface area contributed by atoms with Crippen LogP contribution in [-0.4, -0.2) is 0 Å². The van der Waals surface area contributed by atoms with E-state index in [-0.39, 0.29) is 0 Å². The molecule has 0 spiro atoms. The molecule has 0 saturated carbocycles. The molecule has 0 N–H and O–H groups in total. The summed E-state index contributed by atoms with van der Waals surface area (Å²) in [5.74, 6) is 0. The van der Waals surface area contributed by atoms with Gasteiger partial charge in [-0.2, -0.15) is 0 Å². The van der Waals surface area contributed by atoms with Crippen LogP contribution < -0.4 is 0 Å². The monoisotopic (exact) mass is 261 g/mol. The standard InChI is InChI=1S/C18H29O/c1-6-9-14-12-15(10-7-2)17(18(4,5)19)16(13-14)11-8-3/h12-13H,6-11H2,1-5H3. The van der Waals surface area contributed by atoms with Gasteiger partial charge >= 0.3 is 0 Å². The third-order valence-electron chi connectivity index (χ3n) is 3.54. The van der Waals surface area contributed by atoms with E-state index in [1.807, 2.05) is 0 Å². The highest BCUT2D eigenvalue weighted by atomic mass is 16.3. The summed E-state index contributed by atoms with van der Waals surface area (Å²) < 4.78 is 0. The Hall–Kier alpha value is -0.820. The smallest absolute Gasteiger partial charge is 0.123 e. The molecule has 0 heterocycles. The minimum absolute atomic E-state index is 0.986. The fraction of sp³-hybridized carbons (Fsp3) is 0.667. The van der Waals surface area contributed by atoms with Crippen LogP contribution in [0.15, 0.2) is 12.1 Å². The van der Waals surface area contributed by atoms with E-state index in [9.17, 15) is 5.11 Å². The van der Waals surface area contributed by atoms with Gasteiger partial charge in [0.05, 0.1) is 0 Å². The molecule has 0 aliphatic rings. The summed E-state index contributed by atoms with van der Waals surface area (Å²) in [5, 5.41) is 12.6. The number of benzene rings is 1. The molecule has 19 heavy (non-hydrogen) atoms. The van der Waals surface area contributed by atoms with Gasteiger partial charge < -0.3 is 0 Å². The van der Waals surface area contributed by atoms with Gasteiger partial charge in [-0.15, -0.1) is 0 Å². The molecule has 1 radical (unpaired) electrons. The normalized spacial score (nSPS) is 11.9. The van der Waals surface area contributed by atoms with Gasteiger partial charge in [0, 0.05) is 0 Å². The predicted molar refractivity (Wildman–Crippen MR) is 82.1 cm³/mol. The Morgan fingerprint density at radius 1 is 0.842 bits per heavy atom. The number of hydrogen-bond donors (Lipinski definition) is 0. The third-order valence-corrected chi connectivity index (χ3v) is 3.54. The zero-order chi connectivity index (χ0) is 14.5. The van der Waals surface area contributed by atoms with E-state index < -0.39 is 5.60 Å². The Morgan fingerprint density at radius 3 is 1.58 bits per heavy atom. The van der Waals surface area contributed by atoms with Crippen molar-refractivity contribution in [2.75, 3.05) is 0 Å². The average Bonchev–Trinajstić information content (AvgIpc) is 2.28. The van der Waals surface area contributed by atoms with E-state index >= 15 is 0 Å². The number of aryl methyl sites for hydroxylation is 3. The van der Waals surface area contributed by atoms with Gasteiger partial charge in [-0.1, -0.05) is 52.2 Å². The molecule has 0 bridgehead atoms. The second kappa shape index (κ2) is 7.09. The predicted octanol–water partition coefficient (Wildman–Crippen LogP) is 5.21. The van der Waals surface area contributed by atoms with Crippen molar-refractivity contribution in [3.8, 4) is 0 Å². The van der Waals surface area contributed by atoms with E-state index in [0.29, 0.717) is 0 Å². The van der Waals surface area contributed by atoms with Gasteiger partial charge in [0.15, 0.2) is 0 Å². The molecule has 1 aromatic carbocycles. The summed E-state index contributed by atoms with van der Waals surface area (Å²) in [6.45, 7) is 10.2. The van der Waals surface area contributed by atoms with Crippen LogP contribution in [0.25, 0.3) is 0 Å². The van der Waals surface area contributed by atoms with Crippen molar-refractivity contribution in [1.82, 2.24) is 0 Å². The Kier molecular flexibility index (Phi) is 6.06. The van der Waals surface area contributed by atoms with Crippen LogP contribution in [0.4, 0.5) is 0 Å². The number of hydrogen-bond acceptors (Lipinski definition) is 0. The van der Waals surface area contributed by atoms with E-state index in [4.69, 9.17) is 0 Å². The van der Waals surface area contributed by atoms with Crippen LogP contribution >= 0.6 is 0 Å². The minimum atomic E-state index is -0.986. The highest BCUT2D eigenvalue weighted by Crippen LogP contribution is 2.31. The largest absolute Gasteiger partial charge is 0.225 e. The quantitative estimate of drug-likeness (QED) is 0.642. The molecule has 0 aromatic heterocycles. The molecular weight excluding hydrogens is 232 g/mol. The summed E-state index contributed by atoms with van der Waals surface area (Å²) in [7, 11) is 0. The molecule has 0 aliphatic carbocycles. The van der Waals surface area contributed by atoms with Crippen molar-refractivity contribution >= 4 is 0 Å². The first kappa shape index (κ1) is 16.2. The van der Waals surface area contributed by atoms with Crippen molar-refractivity contribution in [3.05, 3.63) is 34.4 Å². The summed E-state index contributed by atoms with van der Waals surface area (Å²) in [4.78, 5) is 0. The molecule has 1 rings (SSSR count). The second-order valence-electron chi connectivity index (χ2n) is 6.05. The molecule has 0 aliphatic heterocycles. The highest BCUT2D eigenvalue weighted by molar-refractivity contribution is 5.43. The zero-order valence-corrected chi connectivity index (χ0v) is 13.3. The van der Waals surface area contributed by atoms with E-state index in [2.05, 4.69) is 32.9 Å². The Labute approximate surface area is 119 Å². The summed E-state index contributed by atoms with van der Waals surface area (Å²) in [6, 6.07) is 4.56. The average molecular weight is 261 g/mol. The molecule has 0 unspecified atom stereocenters. The van der Waals surface area contributed by atoms with E-state index in [1.165, 1.54) is 16.7 Å². The van der Waals surface area contributed by atoms with Crippen molar-refractivity contribution < 1.29 is 5.11 Å². The topological polar surface area (TPSA) is 19.9 Å². The van der Waals surface area contributed by atoms with Gasteiger partial charge in [0.1, 0.15) is 5.60 Å². The van der Waals surface area contributed by atoms with Crippen LogP contribution in [0.5, 0.6) is 0 Å². The van der Waals surface area contributed by atoms with Crippen LogP contribution in [0.3, 0.4) is 0 Å². The molecule has 0 atom stereocenters. The van der Waals surface area contributed by atoms with Gasteiger partial charge in [-0.3, -0.25) is 0 Å². The Balaban J connectivity index is 3.37. The van der Waals surface area contributed by atoms with Gasteiger partial charge in [-0.25, -0.2) is 5.11 Å². The van der Waals surface area contributed by atoms with Crippen molar-refractivity contribution in [2.45, 2.75) is 78.7 Å². The molecule has 1 nitrogen and oxygen atoms in total. The maximum Gasteiger partial charge on any atom is 0.123 e. The van der Waals surface area contributed by atoms with Gasteiger partial charge in [0.25, 0.3) is 0 Å². The maximum atomic E-state index is 12.6. The fourth-order valence-corrected chi connectivity index (χ4v) is 2.98. The Morgan fingerprint density at radius 2 is 1.26 bits per heavy atom. The van der Waals surface area contributed by atoms with Crippen molar-refractivity contribution in [3.63, 3.8) is 0 Å². The van der Waals surface area contributed by atoms with Crippen LogP contribution in [-0.2, 0) is 30.0 Å². The van der Waals surface area contributed by atoms with Gasteiger partial charge in [-0.05, 0) is 55.4 Å². The molecule has 0 saturated heterocycles. The highest BCUT2D eigenvalue weighted by Gasteiger charge is 2.25. The maximum absolute atomic E-state index is 12.6. The van der Waals surface area contributed by atoms with E-state index in [0.717, 1.165) is 44.1 Å². The van der Waals surface area contributed by atoms with Gasteiger partial charge in [0.2, 0.25) is 0 Å². The molecule has 1 aromatic rings. The lowest BCUT2D eigenvalue weighted by Gasteiger charge is -2.24. The van der Waals surface area contributed by atoms with Crippen LogP contribution in [0, 0.1) is 0 Å². The van der Waals surface area contributed by atoms with E-state index in [1.54, 1.807) is 13.8 Å². The Bertz CT molecular complexity index is 372. The SMILES string of the molecule is CCCc1cc(CCC)c(C(C)(C)[O])c(CCC)c1. The summed E-state index contributed by atoms with van der Waals surface area (Å²) in [6.07, 6.45) is 6.53. The van der Waals surface area contributed by atoms with Crippen LogP contribution in [0.1, 0.15) is 76.1 Å². The minimum Gasteiger partial charge on any atom is -0.225 e. The molecule has 0 fully saturated rings. The number of rotatable bonds is 7. The van der Waals surface area contributed by atoms with Crippen LogP contribution in [0.2, 0.25) is 0 Å². The zero-order valence-electron chi connectivity index (χ0n) is 13.3. The first-order valence-corrected chi connectivity index (χ1v) is 7.79. The summed E-state index contributed by atoms with van der Waals surface area (Å²) >= 11 is 0. The van der Waals surface area contributed by atoms with Crippen molar-refractivity contribution in [2.24, 2.45) is 0 Å². The molecular formula is C18H29O. The first-order valence-electron chi connectivity index (χ1n) is 7.79. The lowest BCUT2D eigenvalue weighted by atomic mass is 9.83. The second-order valence-corrected chi connectivity index (χ2v) is 6.05. The lowest BCUT2D eigenvalue weighted by Crippen LogP contribution is -2.20.